The number of hydrogen-bond donors (Lipinski definition) is 3. The first kappa shape index (κ1) is 16.2. The molecule has 0 aliphatic heterocycles. The first-order valence-corrected chi connectivity index (χ1v) is 6.67. The molecule has 118 valence electrons. The number of aliphatic hydroxyl groups excluding tert-OH is 1. The lowest BCUT2D eigenvalue weighted by Gasteiger charge is -2.30. The molecule has 0 aliphatic rings. The quantitative estimate of drug-likeness (QED) is 0.412. The highest BCUT2D eigenvalue weighted by molar-refractivity contribution is 5.97. The summed E-state index contributed by atoms with van der Waals surface area (Å²) in [4.78, 5) is 25.4. The van der Waals surface area contributed by atoms with Crippen molar-refractivity contribution in [2.45, 2.75) is 18.8 Å². The number of carbonyl (C=O) groups excluding carboxylic acids is 2. The Morgan fingerprint density at radius 3 is 2.82 bits per heavy atom. The maximum atomic E-state index is 11.7. The summed E-state index contributed by atoms with van der Waals surface area (Å²) >= 11 is 0. The molecule has 7 heteroatoms. The van der Waals surface area contributed by atoms with Gasteiger partial charge in [-0.15, -0.1) is 0 Å². The Kier molecular flexibility index (Phi) is 4.60. The molecule has 1 heterocycles. The number of nitrogens with one attached hydrogen (secondary N) is 1. The zero-order chi connectivity index (χ0) is 16.3. The highest BCUT2D eigenvalue weighted by Crippen LogP contribution is 2.30. The summed E-state index contributed by atoms with van der Waals surface area (Å²) in [5.41, 5.74) is 1.18. The van der Waals surface area contributed by atoms with Crippen molar-refractivity contribution in [3.63, 3.8) is 0 Å². The molecule has 3 N–H and O–H groups in total. The molecular formula is C15H17NO6. The highest BCUT2D eigenvalue weighted by atomic mass is 16.6. The Morgan fingerprint density at radius 2 is 2.23 bits per heavy atom. The van der Waals surface area contributed by atoms with Crippen LogP contribution in [0, 0.1) is 0 Å². The van der Waals surface area contributed by atoms with Crippen molar-refractivity contribution in [3.8, 4) is 0 Å². The van der Waals surface area contributed by atoms with Gasteiger partial charge in [0.1, 0.15) is 0 Å². The summed E-state index contributed by atoms with van der Waals surface area (Å²) in [6.07, 6.45) is 0.319. The van der Waals surface area contributed by atoms with Crippen molar-refractivity contribution in [1.29, 1.82) is 0 Å². The van der Waals surface area contributed by atoms with Gasteiger partial charge in [0, 0.05) is 35.3 Å². The minimum atomic E-state index is -2.26. The smallest absolute Gasteiger partial charge is 0.341 e. The highest BCUT2D eigenvalue weighted by Gasteiger charge is 2.43. The largest absolute Gasteiger partial charge is 0.464 e. The molecule has 0 aliphatic carbocycles. The van der Waals surface area contributed by atoms with E-state index in [1.807, 2.05) is 0 Å². The van der Waals surface area contributed by atoms with Gasteiger partial charge in [-0.25, -0.2) is 4.79 Å². The minimum absolute atomic E-state index is 0.0635. The fourth-order valence-electron chi connectivity index (χ4n) is 2.24. The first-order chi connectivity index (χ1) is 10.5. The van der Waals surface area contributed by atoms with Crippen molar-refractivity contribution in [2.24, 2.45) is 0 Å². The van der Waals surface area contributed by atoms with E-state index in [1.165, 1.54) is 18.3 Å². The zero-order valence-corrected chi connectivity index (χ0v) is 12.2. The summed E-state index contributed by atoms with van der Waals surface area (Å²) in [5.74, 6) is -3.25. The number of fused-ring (bicyclic) bond motifs is 1. The molecular weight excluding hydrogens is 290 g/mol. The lowest BCUT2D eigenvalue weighted by molar-refractivity contribution is -0.254. The minimum Gasteiger partial charge on any atom is -0.464 e. The SMILES string of the molecule is CCOC(=O)C(O)C(O)(OC)c1ccc2c(C=O)c[nH]c2c1. The second-order valence-corrected chi connectivity index (χ2v) is 4.68. The molecule has 1 aromatic carbocycles. The van der Waals surface area contributed by atoms with E-state index in [9.17, 15) is 19.8 Å². The number of aromatic nitrogens is 1. The van der Waals surface area contributed by atoms with Crippen LogP contribution in [-0.4, -0.2) is 47.3 Å². The molecule has 7 nitrogen and oxygen atoms in total. The molecule has 2 atom stereocenters. The van der Waals surface area contributed by atoms with E-state index >= 15 is 0 Å². The topological polar surface area (TPSA) is 109 Å². The Hall–Kier alpha value is -2.22. The number of aliphatic hydroxyl groups is 2. The number of ether oxygens (including phenoxy) is 2. The molecule has 0 saturated heterocycles. The van der Waals surface area contributed by atoms with Gasteiger partial charge in [-0.2, -0.15) is 0 Å². The van der Waals surface area contributed by atoms with Gasteiger partial charge in [0.2, 0.25) is 11.9 Å². The van der Waals surface area contributed by atoms with E-state index < -0.39 is 17.9 Å². The lowest BCUT2D eigenvalue weighted by atomic mass is 9.98. The normalized spacial score (nSPS) is 15.3. The van der Waals surface area contributed by atoms with Crippen LogP contribution < -0.4 is 0 Å². The Morgan fingerprint density at radius 1 is 1.50 bits per heavy atom. The number of rotatable bonds is 6. The zero-order valence-electron chi connectivity index (χ0n) is 12.2. The fourth-order valence-corrected chi connectivity index (χ4v) is 2.24. The third kappa shape index (κ3) is 2.61. The van der Waals surface area contributed by atoms with E-state index in [4.69, 9.17) is 9.47 Å². The summed E-state index contributed by atoms with van der Waals surface area (Å²) in [6, 6.07) is 4.55. The van der Waals surface area contributed by atoms with Crippen LogP contribution in [0.3, 0.4) is 0 Å². The second-order valence-electron chi connectivity index (χ2n) is 4.68. The van der Waals surface area contributed by atoms with Crippen molar-refractivity contribution in [1.82, 2.24) is 4.98 Å². The van der Waals surface area contributed by atoms with E-state index in [0.717, 1.165) is 7.11 Å². The number of aldehydes is 1. The van der Waals surface area contributed by atoms with Crippen LogP contribution in [0.5, 0.6) is 0 Å². The molecule has 0 bridgehead atoms. The summed E-state index contributed by atoms with van der Waals surface area (Å²) in [5, 5.41) is 21.2. The maximum Gasteiger partial charge on any atom is 0.341 e. The molecule has 0 spiro atoms. The predicted molar refractivity (Wildman–Crippen MR) is 77.2 cm³/mol. The van der Waals surface area contributed by atoms with Crippen LogP contribution in [0.25, 0.3) is 10.9 Å². The van der Waals surface area contributed by atoms with Gasteiger partial charge >= 0.3 is 5.97 Å². The van der Waals surface area contributed by atoms with Gasteiger partial charge in [-0.3, -0.25) is 4.79 Å². The van der Waals surface area contributed by atoms with Crippen LogP contribution in [-0.2, 0) is 20.1 Å². The van der Waals surface area contributed by atoms with E-state index in [2.05, 4.69) is 4.98 Å². The average Bonchev–Trinajstić information content (AvgIpc) is 2.95. The molecule has 0 radical (unpaired) electrons. The number of esters is 1. The van der Waals surface area contributed by atoms with Gasteiger partial charge in [-0.05, 0) is 13.0 Å². The molecule has 0 saturated carbocycles. The van der Waals surface area contributed by atoms with Crippen molar-refractivity contribution in [2.75, 3.05) is 13.7 Å². The monoisotopic (exact) mass is 307 g/mol. The van der Waals surface area contributed by atoms with Crippen molar-refractivity contribution < 1.29 is 29.3 Å². The second kappa shape index (κ2) is 6.27. The van der Waals surface area contributed by atoms with Gasteiger partial charge in [0.25, 0.3) is 0 Å². The van der Waals surface area contributed by atoms with Crippen LogP contribution in [0.1, 0.15) is 22.8 Å². The number of aromatic amines is 1. The third-order valence-electron chi connectivity index (χ3n) is 3.45. The van der Waals surface area contributed by atoms with Gasteiger partial charge < -0.3 is 24.7 Å². The summed E-state index contributed by atoms with van der Waals surface area (Å²) in [7, 11) is 1.16. The third-order valence-corrected chi connectivity index (χ3v) is 3.45. The number of benzene rings is 1. The lowest BCUT2D eigenvalue weighted by Crippen LogP contribution is -2.47. The summed E-state index contributed by atoms with van der Waals surface area (Å²) in [6.45, 7) is 1.65. The molecule has 2 rings (SSSR count). The van der Waals surface area contributed by atoms with Gasteiger partial charge in [0.15, 0.2) is 6.29 Å². The average molecular weight is 307 g/mol. The van der Waals surface area contributed by atoms with Crippen LogP contribution >= 0.6 is 0 Å². The predicted octanol–water partition coefficient (Wildman–Crippen LogP) is 0.696. The Bertz CT molecular complexity index is 694. The Labute approximate surface area is 126 Å². The molecule has 2 aromatic rings. The number of carbonyl (C=O) groups is 2. The van der Waals surface area contributed by atoms with Gasteiger partial charge in [0.05, 0.1) is 6.61 Å². The number of methoxy groups -OCH3 is 1. The van der Waals surface area contributed by atoms with E-state index in [-0.39, 0.29) is 12.2 Å². The molecule has 0 amide bonds. The van der Waals surface area contributed by atoms with Crippen LogP contribution in [0.2, 0.25) is 0 Å². The maximum absolute atomic E-state index is 11.7. The van der Waals surface area contributed by atoms with Crippen molar-refractivity contribution >= 4 is 23.2 Å². The van der Waals surface area contributed by atoms with Crippen molar-refractivity contribution in [3.05, 3.63) is 35.5 Å². The molecule has 1 aromatic heterocycles. The fraction of sp³-hybridized carbons (Fsp3) is 0.333. The summed E-state index contributed by atoms with van der Waals surface area (Å²) < 4.78 is 9.66. The number of H-pyrrole nitrogens is 1. The Balaban J connectivity index is 2.45. The van der Waals surface area contributed by atoms with Gasteiger partial charge in [-0.1, -0.05) is 12.1 Å². The standard InChI is InChI=1S/C15H17NO6/c1-3-22-14(19)13(18)15(20,21-2)10-4-5-11-9(8-17)7-16-12(11)6-10/h4-8,13,16,18,20H,3H2,1-2H3. The van der Waals surface area contributed by atoms with Crippen LogP contribution in [0.4, 0.5) is 0 Å². The van der Waals surface area contributed by atoms with Crippen LogP contribution in [0.15, 0.2) is 24.4 Å². The van der Waals surface area contributed by atoms with E-state index in [1.54, 1.807) is 13.0 Å². The number of hydrogen-bond acceptors (Lipinski definition) is 6. The van der Waals surface area contributed by atoms with E-state index in [0.29, 0.717) is 22.8 Å². The molecule has 0 fully saturated rings. The molecule has 2 unspecified atom stereocenters. The molecule has 22 heavy (non-hydrogen) atoms. The first-order valence-electron chi connectivity index (χ1n) is 6.67.